The second-order valence-corrected chi connectivity index (χ2v) is 6.05. The lowest BCUT2D eigenvalue weighted by Gasteiger charge is -2.15. The molecule has 0 aliphatic carbocycles. The molecule has 3 unspecified atom stereocenters. The van der Waals surface area contributed by atoms with E-state index in [1.165, 1.54) is 25.7 Å². The lowest BCUT2D eigenvalue weighted by molar-refractivity contribution is -0.126. The topological polar surface area (TPSA) is 46.5 Å². The van der Waals surface area contributed by atoms with E-state index < -0.39 is 0 Å². The van der Waals surface area contributed by atoms with E-state index in [0.29, 0.717) is 5.78 Å². The van der Waals surface area contributed by atoms with Crippen molar-refractivity contribution in [3.63, 3.8) is 0 Å². The van der Waals surface area contributed by atoms with Gasteiger partial charge in [-0.05, 0) is 26.2 Å². The van der Waals surface area contributed by atoms with Gasteiger partial charge >= 0.3 is 0 Å². The highest BCUT2D eigenvalue weighted by atomic mass is 16.5. The predicted molar refractivity (Wildman–Crippen MR) is 90.6 cm³/mol. The number of hydrogen-bond acceptors (Lipinski definition) is 3. The van der Waals surface area contributed by atoms with Crippen LogP contribution in [0.15, 0.2) is 0 Å². The molecule has 0 fully saturated rings. The van der Waals surface area contributed by atoms with Crippen molar-refractivity contribution < 1.29 is 14.6 Å². The zero-order valence-electron chi connectivity index (χ0n) is 15.2. The van der Waals surface area contributed by atoms with Crippen molar-refractivity contribution in [3.8, 4) is 0 Å². The summed E-state index contributed by atoms with van der Waals surface area (Å²) < 4.78 is 4.83. The van der Waals surface area contributed by atoms with Crippen LogP contribution in [0, 0.1) is 11.8 Å². The average Bonchev–Trinajstić information content (AvgIpc) is 2.50. The van der Waals surface area contributed by atoms with Crippen LogP contribution in [0.2, 0.25) is 0 Å². The number of hydrogen-bond donors (Lipinski definition) is 1. The van der Waals surface area contributed by atoms with E-state index in [1.54, 1.807) is 7.11 Å². The molecule has 21 heavy (non-hydrogen) atoms. The molecule has 3 heteroatoms. The highest BCUT2D eigenvalue weighted by Crippen LogP contribution is 2.17. The molecule has 0 saturated carbocycles. The summed E-state index contributed by atoms with van der Waals surface area (Å²) >= 11 is 0. The van der Waals surface area contributed by atoms with E-state index in [4.69, 9.17) is 9.84 Å². The van der Waals surface area contributed by atoms with Gasteiger partial charge in [0.2, 0.25) is 0 Å². The third-order valence-corrected chi connectivity index (χ3v) is 3.89. The van der Waals surface area contributed by atoms with Gasteiger partial charge in [0.15, 0.2) is 0 Å². The fourth-order valence-electron chi connectivity index (χ4n) is 2.09. The number of aliphatic hydroxyl groups is 1. The van der Waals surface area contributed by atoms with Crippen LogP contribution < -0.4 is 0 Å². The summed E-state index contributed by atoms with van der Waals surface area (Å²) in [5, 5.41) is 8.29. The molecule has 0 aromatic rings. The van der Waals surface area contributed by atoms with Gasteiger partial charge in [-0.15, -0.1) is 0 Å². The number of ether oxygens (including phenoxy) is 1. The number of aliphatic hydroxyl groups excluding tert-OH is 1. The molecule has 0 bridgehead atoms. The minimum absolute atomic E-state index is 0.199. The van der Waals surface area contributed by atoms with Gasteiger partial charge in [0.05, 0.1) is 6.10 Å². The zero-order valence-corrected chi connectivity index (χ0v) is 15.2. The maximum absolute atomic E-state index is 11.9. The molecule has 0 amide bonds. The number of rotatable bonds is 11. The second kappa shape index (κ2) is 16.0. The lowest BCUT2D eigenvalue weighted by atomic mass is 9.88. The highest BCUT2D eigenvalue weighted by molar-refractivity contribution is 5.82. The van der Waals surface area contributed by atoms with Crippen LogP contribution in [0.4, 0.5) is 0 Å². The van der Waals surface area contributed by atoms with Gasteiger partial charge in [0.25, 0.3) is 0 Å². The first-order valence-electron chi connectivity index (χ1n) is 8.61. The van der Waals surface area contributed by atoms with Crippen molar-refractivity contribution in [2.75, 3.05) is 13.7 Å². The summed E-state index contributed by atoms with van der Waals surface area (Å²) in [5.41, 5.74) is 0. The fourth-order valence-corrected chi connectivity index (χ4v) is 2.09. The summed E-state index contributed by atoms with van der Waals surface area (Å²) in [4.78, 5) is 11.9. The Balaban J connectivity index is 0. The zero-order chi connectivity index (χ0) is 16.7. The predicted octanol–water partition coefficient (Wildman–Crippen LogP) is 4.61. The van der Waals surface area contributed by atoms with Crippen LogP contribution in [-0.2, 0) is 9.53 Å². The highest BCUT2D eigenvalue weighted by Gasteiger charge is 2.18. The number of carbonyl (C=O) groups excluding carboxylic acids is 1. The minimum Gasteiger partial charge on any atom is -0.396 e. The van der Waals surface area contributed by atoms with Gasteiger partial charge in [0.1, 0.15) is 5.78 Å². The number of ketones is 1. The Morgan fingerprint density at radius 1 is 0.952 bits per heavy atom. The molecule has 3 atom stereocenters. The molecule has 0 aromatic carbocycles. The average molecular weight is 302 g/mol. The second-order valence-electron chi connectivity index (χ2n) is 6.05. The molecule has 3 nitrogen and oxygen atoms in total. The number of unbranched alkanes of at least 4 members (excludes halogenated alkanes) is 2. The van der Waals surface area contributed by atoms with Crippen LogP contribution in [-0.4, -0.2) is 30.7 Å². The Morgan fingerprint density at radius 3 is 1.62 bits per heavy atom. The van der Waals surface area contributed by atoms with Crippen LogP contribution in [0.25, 0.3) is 0 Å². The Bertz CT molecular complexity index is 213. The molecule has 0 saturated heterocycles. The van der Waals surface area contributed by atoms with E-state index in [9.17, 15) is 4.79 Å². The molecule has 0 aliphatic heterocycles. The quantitative estimate of drug-likeness (QED) is 0.606. The summed E-state index contributed by atoms with van der Waals surface area (Å²) in [5.74, 6) is 1.04. The Kier molecular flexibility index (Phi) is 17.4. The van der Waals surface area contributed by atoms with Crippen molar-refractivity contribution in [3.05, 3.63) is 0 Å². The summed E-state index contributed by atoms with van der Waals surface area (Å²) in [6, 6.07) is 0. The fraction of sp³-hybridized carbons (Fsp3) is 0.944. The van der Waals surface area contributed by atoms with Crippen molar-refractivity contribution in [2.24, 2.45) is 11.8 Å². The SMILES string of the molecule is CCCCC(C)C(=O)C(C)CCCC.COC(C)CCO. The van der Waals surface area contributed by atoms with E-state index >= 15 is 0 Å². The Morgan fingerprint density at radius 2 is 1.38 bits per heavy atom. The largest absolute Gasteiger partial charge is 0.396 e. The van der Waals surface area contributed by atoms with E-state index in [-0.39, 0.29) is 24.5 Å². The molecular formula is C18H38O3. The van der Waals surface area contributed by atoms with Crippen LogP contribution >= 0.6 is 0 Å². The maximum Gasteiger partial charge on any atom is 0.138 e. The molecule has 0 spiro atoms. The molecule has 1 N–H and O–H groups in total. The Labute approximate surface area is 132 Å². The van der Waals surface area contributed by atoms with Crippen molar-refractivity contribution >= 4 is 5.78 Å². The number of methoxy groups -OCH3 is 1. The first kappa shape index (κ1) is 22.9. The smallest absolute Gasteiger partial charge is 0.138 e. The molecule has 128 valence electrons. The first-order chi connectivity index (χ1) is 9.94. The number of carbonyl (C=O) groups is 1. The van der Waals surface area contributed by atoms with Crippen molar-refractivity contribution in [1.82, 2.24) is 0 Å². The van der Waals surface area contributed by atoms with E-state index in [0.717, 1.165) is 19.3 Å². The van der Waals surface area contributed by atoms with Gasteiger partial charge in [0, 0.05) is 25.6 Å². The van der Waals surface area contributed by atoms with Crippen molar-refractivity contribution in [1.29, 1.82) is 0 Å². The van der Waals surface area contributed by atoms with Gasteiger partial charge < -0.3 is 9.84 Å². The maximum atomic E-state index is 11.9. The van der Waals surface area contributed by atoms with Crippen LogP contribution in [0.1, 0.15) is 79.6 Å². The monoisotopic (exact) mass is 302 g/mol. The van der Waals surface area contributed by atoms with Gasteiger partial charge in [-0.1, -0.05) is 53.4 Å². The molecule has 0 aromatic heterocycles. The normalized spacial score (nSPS) is 14.8. The van der Waals surface area contributed by atoms with Gasteiger partial charge in [-0.25, -0.2) is 0 Å². The summed E-state index contributed by atoms with van der Waals surface area (Å²) in [6.07, 6.45) is 7.85. The van der Waals surface area contributed by atoms with E-state index in [2.05, 4.69) is 27.7 Å². The molecular weight excluding hydrogens is 264 g/mol. The Hall–Kier alpha value is -0.410. The van der Waals surface area contributed by atoms with Gasteiger partial charge in [-0.2, -0.15) is 0 Å². The van der Waals surface area contributed by atoms with Gasteiger partial charge in [-0.3, -0.25) is 4.79 Å². The number of Topliss-reactive ketones (excluding diaryl/α,β-unsaturated/α-hetero) is 1. The molecule has 0 rings (SSSR count). The van der Waals surface area contributed by atoms with Crippen LogP contribution in [0.5, 0.6) is 0 Å². The third kappa shape index (κ3) is 14.3. The minimum atomic E-state index is 0.199. The van der Waals surface area contributed by atoms with Crippen LogP contribution in [0.3, 0.4) is 0 Å². The summed E-state index contributed by atoms with van der Waals surface area (Å²) in [6.45, 7) is 10.7. The summed E-state index contributed by atoms with van der Waals surface area (Å²) in [7, 11) is 1.64. The molecule has 0 aliphatic rings. The molecule has 0 heterocycles. The van der Waals surface area contributed by atoms with Crippen molar-refractivity contribution in [2.45, 2.75) is 85.7 Å². The molecule has 0 radical (unpaired) electrons. The third-order valence-electron chi connectivity index (χ3n) is 3.89. The first-order valence-corrected chi connectivity index (χ1v) is 8.61. The lowest BCUT2D eigenvalue weighted by Crippen LogP contribution is -2.19. The standard InChI is InChI=1S/C13H26O.C5H12O2/c1-5-7-9-11(3)13(14)12(4)10-8-6-2;1-5(7-2)3-4-6/h11-12H,5-10H2,1-4H3;5-6H,3-4H2,1-2H3. The van der Waals surface area contributed by atoms with E-state index in [1.807, 2.05) is 6.92 Å².